The lowest BCUT2D eigenvalue weighted by molar-refractivity contribution is 0.155. The Kier molecular flexibility index (Phi) is 3.15. The second-order valence-electron chi connectivity index (χ2n) is 5.72. The molecular formula is C15H14BrN5O2. The van der Waals surface area contributed by atoms with Crippen LogP contribution in [0.3, 0.4) is 0 Å². The van der Waals surface area contributed by atoms with Crippen LogP contribution in [0.5, 0.6) is 0 Å². The monoisotopic (exact) mass is 375 g/mol. The number of carbonyl (C=O) groups is 1. The summed E-state index contributed by atoms with van der Waals surface area (Å²) in [6.07, 6.45) is -0.136. The third kappa shape index (κ3) is 2.29. The predicted octanol–water partition coefficient (Wildman–Crippen LogP) is 2.92. The van der Waals surface area contributed by atoms with Crippen LogP contribution in [0, 0.1) is 0 Å². The van der Waals surface area contributed by atoms with Crippen LogP contribution in [0.2, 0.25) is 0 Å². The van der Waals surface area contributed by atoms with Gasteiger partial charge in [0.2, 0.25) is 0 Å². The molecule has 1 aliphatic heterocycles. The molecular weight excluding hydrogens is 362 g/mol. The number of likely N-dealkylation sites (tertiary alicyclic amines) is 1. The number of nitrogen functional groups attached to an aromatic ring is 1. The zero-order chi connectivity index (χ0) is 16.1. The molecule has 1 fully saturated rings. The van der Waals surface area contributed by atoms with Crippen molar-refractivity contribution in [1.29, 1.82) is 0 Å². The SMILES string of the molecule is Nc1nc2cc(Br)ccc2c2nc(C3CCN(C(=O)O)C3)[nH]c12. The van der Waals surface area contributed by atoms with E-state index >= 15 is 0 Å². The highest BCUT2D eigenvalue weighted by atomic mass is 79.9. The van der Waals surface area contributed by atoms with Crippen molar-refractivity contribution in [2.75, 3.05) is 18.8 Å². The van der Waals surface area contributed by atoms with E-state index in [0.717, 1.165) is 33.1 Å². The molecule has 0 spiro atoms. The van der Waals surface area contributed by atoms with Gasteiger partial charge in [0.25, 0.3) is 0 Å². The number of nitrogens with one attached hydrogen (secondary N) is 1. The Labute approximate surface area is 139 Å². The van der Waals surface area contributed by atoms with Gasteiger partial charge in [-0.2, -0.15) is 0 Å². The third-order valence-corrected chi connectivity index (χ3v) is 4.77. The summed E-state index contributed by atoms with van der Waals surface area (Å²) in [4.78, 5) is 24.8. The number of benzene rings is 1. The number of hydrogen-bond donors (Lipinski definition) is 3. The quantitative estimate of drug-likeness (QED) is 0.605. The van der Waals surface area contributed by atoms with E-state index in [1.807, 2.05) is 18.2 Å². The Balaban J connectivity index is 1.83. The number of amides is 1. The fourth-order valence-corrected chi connectivity index (χ4v) is 3.45. The van der Waals surface area contributed by atoms with E-state index in [1.54, 1.807) is 0 Å². The first-order chi connectivity index (χ1) is 11.0. The largest absolute Gasteiger partial charge is 0.465 e. The Morgan fingerprint density at radius 2 is 2.26 bits per heavy atom. The molecule has 0 saturated carbocycles. The first kappa shape index (κ1) is 14.3. The second-order valence-corrected chi connectivity index (χ2v) is 6.63. The van der Waals surface area contributed by atoms with Crippen LogP contribution in [-0.2, 0) is 0 Å². The molecule has 2 aromatic heterocycles. The van der Waals surface area contributed by atoms with E-state index in [-0.39, 0.29) is 5.92 Å². The number of imidazole rings is 1. The number of rotatable bonds is 1. The first-order valence-electron chi connectivity index (χ1n) is 7.25. The molecule has 0 aliphatic carbocycles. The molecule has 7 nitrogen and oxygen atoms in total. The summed E-state index contributed by atoms with van der Waals surface area (Å²) in [5.41, 5.74) is 8.33. The highest BCUT2D eigenvalue weighted by Crippen LogP contribution is 2.32. The molecule has 118 valence electrons. The van der Waals surface area contributed by atoms with Gasteiger partial charge in [-0.25, -0.2) is 14.8 Å². The molecule has 0 radical (unpaired) electrons. The van der Waals surface area contributed by atoms with Crippen molar-refractivity contribution < 1.29 is 9.90 Å². The summed E-state index contributed by atoms with van der Waals surface area (Å²) in [5.74, 6) is 1.23. The van der Waals surface area contributed by atoms with Gasteiger partial charge >= 0.3 is 6.09 Å². The van der Waals surface area contributed by atoms with Crippen molar-refractivity contribution in [2.24, 2.45) is 0 Å². The maximum absolute atomic E-state index is 11.1. The van der Waals surface area contributed by atoms with Crippen molar-refractivity contribution in [3.05, 3.63) is 28.5 Å². The van der Waals surface area contributed by atoms with Crippen LogP contribution in [0.15, 0.2) is 22.7 Å². The molecule has 1 atom stereocenters. The molecule has 1 aromatic carbocycles. The van der Waals surface area contributed by atoms with E-state index in [9.17, 15) is 4.79 Å². The summed E-state index contributed by atoms with van der Waals surface area (Å²) < 4.78 is 0.930. The van der Waals surface area contributed by atoms with Gasteiger partial charge in [-0.15, -0.1) is 0 Å². The summed E-state index contributed by atoms with van der Waals surface area (Å²) in [7, 11) is 0. The number of aromatic nitrogens is 3. The fourth-order valence-electron chi connectivity index (χ4n) is 3.11. The van der Waals surface area contributed by atoms with E-state index < -0.39 is 6.09 Å². The van der Waals surface area contributed by atoms with E-state index in [1.165, 1.54) is 4.90 Å². The van der Waals surface area contributed by atoms with Gasteiger partial charge in [0.1, 0.15) is 22.7 Å². The number of hydrogen-bond acceptors (Lipinski definition) is 4. The molecule has 4 rings (SSSR count). The average Bonchev–Trinajstić information content (AvgIpc) is 3.14. The van der Waals surface area contributed by atoms with E-state index in [0.29, 0.717) is 24.4 Å². The Hall–Kier alpha value is -2.35. The van der Waals surface area contributed by atoms with Gasteiger partial charge in [-0.05, 0) is 24.6 Å². The molecule has 3 aromatic rings. The van der Waals surface area contributed by atoms with Gasteiger partial charge in [0.15, 0.2) is 0 Å². The van der Waals surface area contributed by atoms with Crippen LogP contribution >= 0.6 is 15.9 Å². The van der Waals surface area contributed by atoms with Gasteiger partial charge < -0.3 is 20.7 Å². The van der Waals surface area contributed by atoms with Crippen molar-refractivity contribution in [2.45, 2.75) is 12.3 Å². The second kappa shape index (κ2) is 5.09. The molecule has 1 aliphatic rings. The Bertz CT molecular complexity index is 938. The molecule has 1 saturated heterocycles. The van der Waals surface area contributed by atoms with Crippen LogP contribution in [0.25, 0.3) is 21.9 Å². The normalized spacial score (nSPS) is 18.1. The number of H-pyrrole nitrogens is 1. The molecule has 1 unspecified atom stereocenters. The smallest absolute Gasteiger partial charge is 0.407 e. The fraction of sp³-hybridized carbons (Fsp3) is 0.267. The van der Waals surface area contributed by atoms with E-state index in [4.69, 9.17) is 15.8 Å². The number of aromatic amines is 1. The summed E-state index contributed by atoms with van der Waals surface area (Å²) in [6.45, 7) is 0.977. The Morgan fingerprint density at radius 3 is 3.00 bits per heavy atom. The lowest BCUT2D eigenvalue weighted by Crippen LogP contribution is -2.26. The van der Waals surface area contributed by atoms with Crippen molar-refractivity contribution in [3.8, 4) is 0 Å². The van der Waals surface area contributed by atoms with Crippen LogP contribution in [0.1, 0.15) is 18.2 Å². The number of carboxylic acid groups (broad SMARTS) is 1. The standard InChI is InChI=1S/C15H14BrN5O2/c16-8-1-2-9-10(5-8)18-13(17)12-11(9)19-14(20-12)7-3-4-21(6-7)15(22)23/h1-2,5,7H,3-4,6H2,(H2,17,18)(H,19,20)(H,22,23). The molecule has 4 N–H and O–H groups in total. The molecule has 1 amide bonds. The summed E-state index contributed by atoms with van der Waals surface area (Å²) in [6, 6.07) is 5.80. The first-order valence-corrected chi connectivity index (χ1v) is 8.04. The van der Waals surface area contributed by atoms with Gasteiger partial charge in [0, 0.05) is 28.9 Å². The number of nitrogens with zero attached hydrogens (tertiary/aromatic N) is 3. The van der Waals surface area contributed by atoms with Crippen molar-refractivity contribution in [3.63, 3.8) is 0 Å². The highest BCUT2D eigenvalue weighted by molar-refractivity contribution is 9.10. The zero-order valence-electron chi connectivity index (χ0n) is 12.1. The number of nitrogens with two attached hydrogens (primary N) is 1. The van der Waals surface area contributed by atoms with Crippen LogP contribution in [-0.4, -0.2) is 44.1 Å². The lowest BCUT2D eigenvalue weighted by Gasteiger charge is -2.10. The zero-order valence-corrected chi connectivity index (χ0v) is 13.7. The van der Waals surface area contributed by atoms with E-state index in [2.05, 4.69) is 25.9 Å². The third-order valence-electron chi connectivity index (χ3n) is 4.28. The molecule has 23 heavy (non-hydrogen) atoms. The van der Waals surface area contributed by atoms with Crippen LogP contribution in [0.4, 0.5) is 10.6 Å². The molecule has 3 heterocycles. The van der Waals surface area contributed by atoms with Crippen molar-refractivity contribution >= 4 is 49.8 Å². The Morgan fingerprint density at radius 1 is 1.43 bits per heavy atom. The lowest BCUT2D eigenvalue weighted by atomic mass is 10.1. The minimum atomic E-state index is -0.889. The predicted molar refractivity (Wildman–Crippen MR) is 90.5 cm³/mol. The van der Waals surface area contributed by atoms with Gasteiger partial charge in [-0.1, -0.05) is 15.9 Å². The number of anilines is 1. The number of fused-ring (bicyclic) bond motifs is 3. The topological polar surface area (TPSA) is 108 Å². The highest BCUT2D eigenvalue weighted by Gasteiger charge is 2.29. The maximum Gasteiger partial charge on any atom is 0.407 e. The number of halogens is 1. The van der Waals surface area contributed by atoms with Crippen LogP contribution < -0.4 is 5.73 Å². The number of pyridine rings is 1. The van der Waals surface area contributed by atoms with Gasteiger partial charge in [-0.3, -0.25) is 0 Å². The molecule has 0 bridgehead atoms. The summed E-state index contributed by atoms with van der Waals surface area (Å²) in [5, 5.41) is 10.0. The maximum atomic E-state index is 11.1. The average molecular weight is 376 g/mol. The summed E-state index contributed by atoms with van der Waals surface area (Å²) >= 11 is 3.43. The minimum absolute atomic E-state index is 0.0587. The minimum Gasteiger partial charge on any atom is -0.465 e. The van der Waals surface area contributed by atoms with Crippen molar-refractivity contribution in [1.82, 2.24) is 19.9 Å². The van der Waals surface area contributed by atoms with Gasteiger partial charge in [0.05, 0.1) is 5.52 Å². The molecule has 8 heteroatoms.